The van der Waals surface area contributed by atoms with E-state index < -0.39 is 0 Å². The van der Waals surface area contributed by atoms with Crippen LogP contribution in [0.5, 0.6) is 0 Å². The third-order valence-electron chi connectivity index (χ3n) is 3.68. The van der Waals surface area contributed by atoms with Gasteiger partial charge in [-0.05, 0) is 45.7 Å². The molecule has 1 fully saturated rings. The van der Waals surface area contributed by atoms with Crippen molar-refractivity contribution in [2.24, 2.45) is 5.92 Å². The van der Waals surface area contributed by atoms with E-state index in [0.717, 1.165) is 38.5 Å². The monoisotopic (exact) mass is 280 g/mol. The molecule has 1 unspecified atom stereocenters. The van der Waals surface area contributed by atoms with Crippen LogP contribution < -0.4 is 5.32 Å². The third-order valence-corrected chi connectivity index (χ3v) is 3.68. The van der Waals surface area contributed by atoms with E-state index in [9.17, 15) is 0 Å². The standard InChI is InChI=1S/C16H28N2O2/c1-16(2,3)17-8-14-7-15(20-12-14)10-18-6-5-13(9-18)11-19-4/h7,12-13,17H,5-6,8-11H2,1-4H3. The Kier molecular flexibility index (Phi) is 5.24. The second-order valence-electron chi connectivity index (χ2n) is 6.87. The Morgan fingerprint density at radius 3 is 2.95 bits per heavy atom. The van der Waals surface area contributed by atoms with Crippen molar-refractivity contribution < 1.29 is 9.15 Å². The average molecular weight is 280 g/mol. The molecule has 0 amide bonds. The van der Waals surface area contributed by atoms with E-state index in [0.29, 0.717) is 5.92 Å². The Morgan fingerprint density at radius 2 is 2.25 bits per heavy atom. The smallest absolute Gasteiger partial charge is 0.118 e. The van der Waals surface area contributed by atoms with E-state index in [4.69, 9.17) is 9.15 Å². The van der Waals surface area contributed by atoms with Gasteiger partial charge in [0.2, 0.25) is 0 Å². The minimum absolute atomic E-state index is 0.139. The highest BCUT2D eigenvalue weighted by Crippen LogP contribution is 2.20. The highest BCUT2D eigenvalue weighted by Gasteiger charge is 2.23. The topological polar surface area (TPSA) is 37.6 Å². The lowest BCUT2D eigenvalue weighted by molar-refractivity contribution is 0.151. The fourth-order valence-electron chi connectivity index (χ4n) is 2.62. The molecule has 0 saturated carbocycles. The molecule has 1 atom stereocenters. The molecule has 4 nitrogen and oxygen atoms in total. The van der Waals surface area contributed by atoms with E-state index in [-0.39, 0.29) is 5.54 Å². The first-order valence-corrected chi connectivity index (χ1v) is 7.49. The molecule has 0 bridgehead atoms. The molecule has 114 valence electrons. The van der Waals surface area contributed by atoms with E-state index in [1.807, 2.05) is 6.26 Å². The van der Waals surface area contributed by atoms with Crippen molar-refractivity contribution in [3.8, 4) is 0 Å². The molecule has 1 aliphatic rings. The maximum atomic E-state index is 5.67. The van der Waals surface area contributed by atoms with Crippen LogP contribution in [-0.2, 0) is 17.8 Å². The molecule has 0 aromatic carbocycles. The van der Waals surface area contributed by atoms with Gasteiger partial charge in [0, 0.05) is 31.3 Å². The molecule has 2 heterocycles. The quantitative estimate of drug-likeness (QED) is 0.869. The predicted molar refractivity (Wildman–Crippen MR) is 80.6 cm³/mol. The minimum atomic E-state index is 0.139. The van der Waals surface area contributed by atoms with Gasteiger partial charge in [-0.2, -0.15) is 0 Å². The summed E-state index contributed by atoms with van der Waals surface area (Å²) >= 11 is 0. The molecule has 0 spiro atoms. The van der Waals surface area contributed by atoms with Gasteiger partial charge in [-0.25, -0.2) is 0 Å². The van der Waals surface area contributed by atoms with Crippen LogP contribution in [0.1, 0.15) is 38.5 Å². The number of methoxy groups -OCH3 is 1. The maximum absolute atomic E-state index is 5.67. The largest absolute Gasteiger partial charge is 0.468 e. The zero-order chi connectivity index (χ0) is 14.6. The minimum Gasteiger partial charge on any atom is -0.468 e. The zero-order valence-electron chi connectivity index (χ0n) is 13.2. The van der Waals surface area contributed by atoms with Crippen molar-refractivity contribution in [1.82, 2.24) is 10.2 Å². The summed E-state index contributed by atoms with van der Waals surface area (Å²) in [7, 11) is 1.78. The van der Waals surface area contributed by atoms with Crippen LogP contribution >= 0.6 is 0 Å². The average Bonchev–Trinajstić information content (AvgIpc) is 2.97. The third kappa shape index (κ3) is 4.93. The molecule has 1 N–H and O–H groups in total. The summed E-state index contributed by atoms with van der Waals surface area (Å²) in [4.78, 5) is 2.45. The van der Waals surface area contributed by atoms with Crippen molar-refractivity contribution in [2.45, 2.75) is 45.8 Å². The summed E-state index contributed by atoms with van der Waals surface area (Å²) in [5, 5.41) is 3.48. The molecule has 4 heteroatoms. The molecule has 0 aliphatic carbocycles. The van der Waals surface area contributed by atoms with Gasteiger partial charge in [0.05, 0.1) is 19.4 Å². The number of nitrogens with one attached hydrogen (secondary N) is 1. The summed E-state index contributed by atoms with van der Waals surface area (Å²) in [5.74, 6) is 1.74. The van der Waals surface area contributed by atoms with Crippen LogP contribution in [0.25, 0.3) is 0 Å². The predicted octanol–water partition coefficient (Wildman–Crippen LogP) is 2.64. The summed E-state index contributed by atoms with van der Waals surface area (Å²) in [6, 6.07) is 2.17. The first-order valence-electron chi connectivity index (χ1n) is 7.49. The Balaban J connectivity index is 1.78. The molecule has 1 aromatic heterocycles. The van der Waals surface area contributed by atoms with Gasteiger partial charge in [-0.1, -0.05) is 0 Å². The normalized spacial score (nSPS) is 20.7. The fraction of sp³-hybridized carbons (Fsp3) is 0.750. The van der Waals surface area contributed by atoms with Crippen LogP contribution in [0.3, 0.4) is 0 Å². The van der Waals surface area contributed by atoms with Gasteiger partial charge in [-0.3, -0.25) is 4.90 Å². The summed E-state index contributed by atoms with van der Waals surface area (Å²) < 4.78 is 10.9. The van der Waals surface area contributed by atoms with Crippen LogP contribution in [0, 0.1) is 5.92 Å². The van der Waals surface area contributed by atoms with E-state index >= 15 is 0 Å². The van der Waals surface area contributed by atoms with Gasteiger partial charge in [0.1, 0.15) is 5.76 Å². The Labute approximate surface area is 122 Å². The molecular weight excluding hydrogens is 252 g/mol. The lowest BCUT2D eigenvalue weighted by Crippen LogP contribution is -2.34. The van der Waals surface area contributed by atoms with Gasteiger partial charge in [-0.15, -0.1) is 0 Å². The second-order valence-corrected chi connectivity index (χ2v) is 6.87. The van der Waals surface area contributed by atoms with Gasteiger partial charge >= 0.3 is 0 Å². The lowest BCUT2D eigenvalue weighted by atomic mass is 10.1. The summed E-state index contributed by atoms with van der Waals surface area (Å²) in [5.41, 5.74) is 1.36. The number of ether oxygens (including phenoxy) is 1. The van der Waals surface area contributed by atoms with E-state index in [2.05, 4.69) is 37.1 Å². The van der Waals surface area contributed by atoms with Gasteiger partial charge in [0.15, 0.2) is 0 Å². The number of hydrogen-bond donors (Lipinski definition) is 1. The maximum Gasteiger partial charge on any atom is 0.118 e. The van der Waals surface area contributed by atoms with E-state index in [1.54, 1.807) is 7.11 Å². The van der Waals surface area contributed by atoms with Crippen molar-refractivity contribution in [1.29, 1.82) is 0 Å². The van der Waals surface area contributed by atoms with Gasteiger partial charge in [0.25, 0.3) is 0 Å². The van der Waals surface area contributed by atoms with Gasteiger partial charge < -0.3 is 14.5 Å². The van der Waals surface area contributed by atoms with Crippen LogP contribution in [0.15, 0.2) is 16.7 Å². The molecule has 1 saturated heterocycles. The Morgan fingerprint density at radius 1 is 1.45 bits per heavy atom. The van der Waals surface area contributed by atoms with Crippen LogP contribution in [0.2, 0.25) is 0 Å². The van der Waals surface area contributed by atoms with Crippen molar-refractivity contribution >= 4 is 0 Å². The SMILES string of the molecule is COCC1CCN(Cc2cc(CNC(C)(C)C)co2)C1. The zero-order valence-corrected chi connectivity index (χ0v) is 13.2. The van der Waals surface area contributed by atoms with Crippen molar-refractivity contribution in [3.63, 3.8) is 0 Å². The Hall–Kier alpha value is -0.840. The highest BCUT2D eigenvalue weighted by molar-refractivity contribution is 5.13. The number of likely N-dealkylation sites (tertiary alicyclic amines) is 1. The number of nitrogens with zero attached hydrogens (tertiary/aromatic N) is 1. The highest BCUT2D eigenvalue weighted by atomic mass is 16.5. The first-order chi connectivity index (χ1) is 9.46. The fourth-order valence-corrected chi connectivity index (χ4v) is 2.62. The summed E-state index contributed by atoms with van der Waals surface area (Å²) in [6.07, 6.45) is 3.10. The van der Waals surface area contributed by atoms with Crippen LogP contribution in [0.4, 0.5) is 0 Å². The lowest BCUT2D eigenvalue weighted by Gasteiger charge is -2.19. The molecule has 1 aromatic rings. The molecule has 2 rings (SSSR count). The number of hydrogen-bond acceptors (Lipinski definition) is 4. The number of rotatable bonds is 6. The molecule has 1 aliphatic heterocycles. The number of furan rings is 1. The second kappa shape index (κ2) is 6.74. The van der Waals surface area contributed by atoms with Crippen LogP contribution in [-0.4, -0.2) is 37.2 Å². The Bertz CT molecular complexity index is 409. The first kappa shape index (κ1) is 15.5. The molecular formula is C16H28N2O2. The van der Waals surface area contributed by atoms with E-state index in [1.165, 1.54) is 12.0 Å². The molecule has 20 heavy (non-hydrogen) atoms. The molecule has 0 radical (unpaired) electrons. The van der Waals surface area contributed by atoms with Crippen molar-refractivity contribution in [2.75, 3.05) is 26.8 Å². The summed E-state index contributed by atoms with van der Waals surface area (Å²) in [6.45, 7) is 11.4. The van der Waals surface area contributed by atoms with Crippen molar-refractivity contribution in [3.05, 3.63) is 23.7 Å².